The molecule has 8 nitrogen and oxygen atoms in total. The summed E-state index contributed by atoms with van der Waals surface area (Å²) in [5.41, 5.74) is 8.67. The topological polar surface area (TPSA) is 114 Å². The Kier molecular flexibility index (Phi) is 8.36. The maximum Gasteiger partial charge on any atom is 0.164 e. The number of nitrogens with zero attached hydrogens (tertiary/aromatic N) is 7. The van der Waals surface area contributed by atoms with Crippen LogP contribution in [0.1, 0.15) is 5.56 Å². The molecule has 7 aromatic carbocycles. The Morgan fingerprint density at radius 2 is 0.807 bits per heavy atom. The van der Waals surface area contributed by atoms with E-state index in [-0.39, 0.29) is 0 Å². The summed E-state index contributed by atoms with van der Waals surface area (Å²) in [6.45, 7) is 0. The number of aromatic nitrogens is 6. The van der Waals surface area contributed by atoms with Crippen LogP contribution in [0, 0.1) is 11.3 Å². The lowest BCUT2D eigenvalue weighted by atomic mass is 9.97. The predicted molar refractivity (Wildman–Crippen MR) is 223 cm³/mol. The van der Waals surface area contributed by atoms with E-state index in [0.717, 1.165) is 55.3 Å². The normalized spacial score (nSPS) is 11.1. The number of hydrogen-bond donors (Lipinski definition) is 0. The third-order valence-corrected chi connectivity index (χ3v) is 9.79. The van der Waals surface area contributed by atoms with Crippen LogP contribution in [0.2, 0.25) is 0 Å². The minimum Gasteiger partial charge on any atom is -0.456 e. The van der Waals surface area contributed by atoms with Crippen molar-refractivity contribution < 1.29 is 4.42 Å². The molecule has 0 aliphatic rings. The molecule has 0 aliphatic heterocycles. The van der Waals surface area contributed by atoms with Gasteiger partial charge in [0.25, 0.3) is 0 Å². The Balaban J connectivity index is 1.13. The summed E-state index contributed by atoms with van der Waals surface area (Å²) in [7, 11) is 0. The van der Waals surface area contributed by atoms with Crippen LogP contribution in [-0.4, -0.2) is 29.9 Å². The van der Waals surface area contributed by atoms with Crippen molar-refractivity contribution in [2.75, 3.05) is 0 Å². The monoisotopic (exact) mass is 731 g/mol. The van der Waals surface area contributed by atoms with Gasteiger partial charge in [-0.2, -0.15) is 5.26 Å². The molecule has 10 rings (SSSR count). The van der Waals surface area contributed by atoms with Gasteiger partial charge in [-0.05, 0) is 47.5 Å². The largest absolute Gasteiger partial charge is 0.456 e. The van der Waals surface area contributed by atoms with Crippen molar-refractivity contribution in [1.82, 2.24) is 29.9 Å². The van der Waals surface area contributed by atoms with Gasteiger partial charge in [0.2, 0.25) is 0 Å². The number of benzene rings is 7. The van der Waals surface area contributed by atoms with E-state index >= 15 is 0 Å². The highest BCUT2D eigenvalue weighted by atomic mass is 16.3. The maximum absolute atomic E-state index is 10.3. The molecule has 0 radical (unpaired) electrons. The van der Waals surface area contributed by atoms with Crippen molar-refractivity contribution in [2.24, 2.45) is 0 Å². The molecule has 0 saturated heterocycles. The van der Waals surface area contributed by atoms with E-state index in [1.54, 1.807) is 0 Å². The molecule has 0 saturated carbocycles. The number of furan rings is 1. The SMILES string of the molecule is N#Cc1cc(-c2ccc3oc4cccc(-c5nc(-c6ccccc6)nc(-c6ccccc6)n5)c4c3c2)cc(-c2nc(-c3ccccc3)nc(-c3ccccc3)n2)c1. The van der Waals surface area contributed by atoms with Gasteiger partial charge >= 0.3 is 0 Å². The van der Waals surface area contributed by atoms with Gasteiger partial charge in [0.15, 0.2) is 34.9 Å². The van der Waals surface area contributed by atoms with Crippen LogP contribution in [0.3, 0.4) is 0 Å². The fourth-order valence-electron chi connectivity index (χ4n) is 7.05. The van der Waals surface area contributed by atoms with Crippen molar-refractivity contribution in [3.63, 3.8) is 0 Å². The van der Waals surface area contributed by atoms with Crippen LogP contribution in [-0.2, 0) is 0 Å². The van der Waals surface area contributed by atoms with Crippen LogP contribution < -0.4 is 0 Å². The summed E-state index contributed by atoms with van der Waals surface area (Å²) < 4.78 is 6.43. The van der Waals surface area contributed by atoms with E-state index in [4.69, 9.17) is 34.3 Å². The standard InChI is InChI=1S/C49H29N7O/c50-30-31-26-37(28-38(27-31)48-53-44(32-14-5-1-6-15-32)51-45(54-48)33-16-7-2-8-17-33)36-24-25-41-40(29-36)43-39(22-13-23-42(43)57-41)49-55-46(34-18-9-3-10-19-34)52-47(56-49)35-20-11-4-12-21-35/h1-29H. The van der Waals surface area contributed by atoms with E-state index in [1.807, 2.05) is 170 Å². The minimum atomic E-state index is 0.469. The van der Waals surface area contributed by atoms with E-state index in [0.29, 0.717) is 51.7 Å². The van der Waals surface area contributed by atoms with Crippen LogP contribution in [0.25, 0.3) is 101 Å². The first-order valence-corrected chi connectivity index (χ1v) is 18.4. The average Bonchev–Trinajstić information content (AvgIpc) is 3.68. The molecule has 0 amide bonds. The molecule has 266 valence electrons. The van der Waals surface area contributed by atoms with Crippen molar-refractivity contribution in [3.8, 4) is 85.5 Å². The summed E-state index contributed by atoms with van der Waals surface area (Å²) in [6, 6.07) is 59.6. The van der Waals surface area contributed by atoms with Crippen LogP contribution in [0.15, 0.2) is 180 Å². The second kappa shape index (κ2) is 14.3. The lowest BCUT2D eigenvalue weighted by Crippen LogP contribution is -2.00. The summed E-state index contributed by atoms with van der Waals surface area (Å²) in [4.78, 5) is 29.6. The lowest BCUT2D eigenvalue weighted by molar-refractivity contribution is 0.669. The summed E-state index contributed by atoms with van der Waals surface area (Å²) in [5.74, 6) is 3.26. The first kappa shape index (κ1) is 33.4. The van der Waals surface area contributed by atoms with Gasteiger partial charge in [-0.3, -0.25) is 0 Å². The molecule has 0 spiro atoms. The van der Waals surface area contributed by atoms with Gasteiger partial charge in [0.1, 0.15) is 11.2 Å². The van der Waals surface area contributed by atoms with Crippen molar-refractivity contribution >= 4 is 21.9 Å². The Labute approximate surface area is 327 Å². The fourth-order valence-corrected chi connectivity index (χ4v) is 7.05. The van der Waals surface area contributed by atoms with Gasteiger partial charge in [-0.25, -0.2) is 29.9 Å². The van der Waals surface area contributed by atoms with Crippen molar-refractivity contribution in [2.45, 2.75) is 0 Å². The summed E-state index contributed by atoms with van der Waals surface area (Å²) in [6.07, 6.45) is 0. The number of rotatable bonds is 7. The van der Waals surface area contributed by atoms with Gasteiger partial charge in [-0.1, -0.05) is 140 Å². The molecule has 0 aliphatic carbocycles. The Hall–Kier alpha value is -8.15. The van der Waals surface area contributed by atoms with Gasteiger partial charge in [-0.15, -0.1) is 0 Å². The van der Waals surface area contributed by atoms with Gasteiger partial charge in [0.05, 0.1) is 11.6 Å². The number of hydrogen-bond acceptors (Lipinski definition) is 8. The van der Waals surface area contributed by atoms with Crippen LogP contribution in [0.4, 0.5) is 0 Å². The van der Waals surface area contributed by atoms with Crippen molar-refractivity contribution in [1.29, 1.82) is 5.26 Å². The smallest absolute Gasteiger partial charge is 0.164 e. The van der Waals surface area contributed by atoms with E-state index in [2.05, 4.69) is 12.1 Å². The first-order chi connectivity index (χ1) is 28.2. The first-order valence-electron chi connectivity index (χ1n) is 18.4. The molecule has 0 fully saturated rings. The molecular formula is C49H29N7O. The Bertz CT molecular complexity index is 3010. The molecule has 3 heterocycles. The molecule has 3 aromatic heterocycles. The maximum atomic E-state index is 10.3. The lowest BCUT2D eigenvalue weighted by Gasteiger charge is -2.11. The van der Waals surface area contributed by atoms with Gasteiger partial charge in [0, 0.05) is 44.2 Å². The quantitative estimate of drug-likeness (QED) is 0.159. The average molecular weight is 732 g/mol. The third kappa shape index (κ3) is 6.45. The minimum absolute atomic E-state index is 0.469. The third-order valence-electron chi connectivity index (χ3n) is 9.79. The molecule has 10 aromatic rings. The van der Waals surface area contributed by atoms with Crippen molar-refractivity contribution in [3.05, 3.63) is 181 Å². The second-order valence-electron chi connectivity index (χ2n) is 13.5. The molecule has 57 heavy (non-hydrogen) atoms. The highest BCUT2D eigenvalue weighted by Crippen LogP contribution is 2.39. The molecule has 8 heteroatoms. The number of nitriles is 1. The van der Waals surface area contributed by atoms with E-state index in [9.17, 15) is 5.26 Å². The molecule has 0 atom stereocenters. The molecular weight excluding hydrogens is 703 g/mol. The second-order valence-corrected chi connectivity index (χ2v) is 13.5. The summed E-state index contributed by atoms with van der Waals surface area (Å²) in [5, 5.41) is 12.0. The Morgan fingerprint density at radius 3 is 1.30 bits per heavy atom. The highest BCUT2D eigenvalue weighted by Gasteiger charge is 2.19. The molecule has 0 bridgehead atoms. The zero-order valence-electron chi connectivity index (χ0n) is 30.3. The molecule has 0 N–H and O–H groups in total. The zero-order valence-corrected chi connectivity index (χ0v) is 30.3. The predicted octanol–water partition coefficient (Wildman–Crippen LogP) is 11.5. The van der Waals surface area contributed by atoms with Crippen LogP contribution in [0.5, 0.6) is 0 Å². The fraction of sp³-hybridized carbons (Fsp3) is 0. The molecule has 0 unspecified atom stereocenters. The van der Waals surface area contributed by atoms with Crippen LogP contribution >= 0.6 is 0 Å². The van der Waals surface area contributed by atoms with E-state index < -0.39 is 0 Å². The van der Waals surface area contributed by atoms with E-state index in [1.165, 1.54) is 0 Å². The highest BCUT2D eigenvalue weighted by molar-refractivity contribution is 6.12. The zero-order chi connectivity index (χ0) is 38.1. The number of fused-ring (bicyclic) bond motifs is 3. The summed E-state index contributed by atoms with van der Waals surface area (Å²) >= 11 is 0. The Morgan fingerprint density at radius 1 is 0.351 bits per heavy atom. The van der Waals surface area contributed by atoms with Gasteiger partial charge < -0.3 is 4.42 Å².